The standard InChI is InChI=1S/C16H19ClN2O2/c1-3-8-18-10-12-9-13(17)16(19-11-12)21-15-7-5-4-6-14(15)20-2/h4-7,9,11,18H,3,8,10H2,1-2H3. The summed E-state index contributed by atoms with van der Waals surface area (Å²) in [5.41, 5.74) is 1.03. The highest BCUT2D eigenvalue weighted by Gasteiger charge is 2.09. The van der Waals surface area contributed by atoms with Crippen LogP contribution < -0.4 is 14.8 Å². The minimum absolute atomic E-state index is 0.375. The van der Waals surface area contributed by atoms with Crippen molar-refractivity contribution in [3.05, 3.63) is 47.1 Å². The number of hydrogen-bond donors (Lipinski definition) is 1. The Morgan fingerprint density at radius 1 is 1.24 bits per heavy atom. The largest absolute Gasteiger partial charge is 0.493 e. The highest BCUT2D eigenvalue weighted by molar-refractivity contribution is 6.31. The summed E-state index contributed by atoms with van der Waals surface area (Å²) in [7, 11) is 1.60. The maximum absolute atomic E-state index is 6.23. The van der Waals surface area contributed by atoms with Gasteiger partial charge in [0.05, 0.1) is 7.11 Å². The van der Waals surface area contributed by atoms with Gasteiger partial charge in [-0.05, 0) is 36.7 Å². The van der Waals surface area contributed by atoms with Crippen LogP contribution in [0.3, 0.4) is 0 Å². The molecule has 0 fully saturated rings. The number of nitrogens with zero attached hydrogens (tertiary/aromatic N) is 1. The van der Waals surface area contributed by atoms with Crippen LogP contribution in [0.5, 0.6) is 17.4 Å². The minimum atomic E-state index is 0.375. The number of aromatic nitrogens is 1. The zero-order valence-electron chi connectivity index (χ0n) is 12.2. The Hall–Kier alpha value is -1.78. The van der Waals surface area contributed by atoms with Crippen LogP contribution in [0.1, 0.15) is 18.9 Å². The molecule has 0 radical (unpaired) electrons. The average molecular weight is 307 g/mol. The van der Waals surface area contributed by atoms with Crippen LogP contribution in [0.4, 0.5) is 0 Å². The highest BCUT2D eigenvalue weighted by atomic mass is 35.5. The van der Waals surface area contributed by atoms with E-state index in [4.69, 9.17) is 21.1 Å². The Bertz CT molecular complexity index is 590. The van der Waals surface area contributed by atoms with Gasteiger partial charge in [-0.15, -0.1) is 0 Å². The fourth-order valence-electron chi connectivity index (χ4n) is 1.85. The molecule has 21 heavy (non-hydrogen) atoms. The van der Waals surface area contributed by atoms with Crippen molar-refractivity contribution in [1.29, 1.82) is 0 Å². The molecule has 0 aliphatic heterocycles. The van der Waals surface area contributed by atoms with Crippen molar-refractivity contribution in [1.82, 2.24) is 10.3 Å². The Morgan fingerprint density at radius 3 is 2.67 bits per heavy atom. The van der Waals surface area contributed by atoms with Crippen molar-refractivity contribution in [2.75, 3.05) is 13.7 Å². The van der Waals surface area contributed by atoms with E-state index >= 15 is 0 Å². The third-order valence-electron chi connectivity index (χ3n) is 2.90. The summed E-state index contributed by atoms with van der Waals surface area (Å²) in [6.45, 7) is 3.84. The maximum atomic E-state index is 6.23. The van der Waals surface area contributed by atoms with Crippen molar-refractivity contribution in [3.63, 3.8) is 0 Å². The molecule has 0 spiro atoms. The Labute approximate surface area is 130 Å². The van der Waals surface area contributed by atoms with E-state index in [1.54, 1.807) is 13.3 Å². The Morgan fingerprint density at radius 2 is 2.00 bits per heavy atom. The third kappa shape index (κ3) is 4.34. The topological polar surface area (TPSA) is 43.4 Å². The molecule has 0 atom stereocenters. The molecule has 0 amide bonds. The molecular formula is C16H19ClN2O2. The second kappa shape index (κ2) is 7.86. The molecule has 1 aromatic heterocycles. The van der Waals surface area contributed by atoms with Gasteiger partial charge >= 0.3 is 0 Å². The molecule has 0 unspecified atom stereocenters. The number of halogens is 1. The molecule has 0 saturated heterocycles. The number of methoxy groups -OCH3 is 1. The van der Waals surface area contributed by atoms with E-state index in [2.05, 4.69) is 17.2 Å². The minimum Gasteiger partial charge on any atom is -0.493 e. The van der Waals surface area contributed by atoms with Gasteiger partial charge in [0.25, 0.3) is 0 Å². The van der Waals surface area contributed by atoms with Gasteiger partial charge in [-0.3, -0.25) is 0 Å². The lowest BCUT2D eigenvalue weighted by Crippen LogP contribution is -2.13. The van der Waals surface area contributed by atoms with Crippen molar-refractivity contribution in [2.45, 2.75) is 19.9 Å². The number of ether oxygens (including phenoxy) is 2. The predicted octanol–water partition coefficient (Wildman–Crippen LogP) is 4.04. The Balaban J connectivity index is 2.10. The fourth-order valence-corrected chi connectivity index (χ4v) is 2.08. The normalized spacial score (nSPS) is 10.4. The summed E-state index contributed by atoms with van der Waals surface area (Å²) >= 11 is 6.23. The van der Waals surface area contributed by atoms with Gasteiger partial charge < -0.3 is 14.8 Å². The number of nitrogens with one attached hydrogen (secondary N) is 1. The van der Waals surface area contributed by atoms with E-state index in [1.807, 2.05) is 30.3 Å². The van der Waals surface area contributed by atoms with E-state index in [-0.39, 0.29) is 0 Å². The summed E-state index contributed by atoms with van der Waals surface area (Å²) in [6.07, 6.45) is 2.86. The quantitative estimate of drug-likeness (QED) is 0.784. The van der Waals surface area contributed by atoms with Crippen LogP contribution in [0.2, 0.25) is 5.02 Å². The average Bonchev–Trinajstić information content (AvgIpc) is 2.50. The van der Waals surface area contributed by atoms with E-state index in [0.717, 1.165) is 25.1 Å². The zero-order valence-corrected chi connectivity index (χ0v) is 13.0. The van der Waals surface area contributed by atoms with E-state index in [9.17, 15) is 0 Å². The first kappa shape index (κ1) is 15.6. The molecule has 5 heteroatoms. The monoisotopic (exact) mass is 306 g/mol. The van der Waals surface area contributed by atoms with E-state index < -0.39 is 0 Å². The predicted molar refractivity (Wildman–Crippen MR) is 84.3 cm³/mol. The molecule has 1 aromatic carbocycles. The molecule has 0 saturated carbocycles. The van der Waals surface area contributed by atoms with Crippen LogP contribution in [-0.4, -0.2) is 18.6 Å². The highest BCUT2D eigenvalue weighted by Crippen LogP contribution is 2.33. The first-order chi connectivity index (χ1) is 10.2. The fraction of sp³-hybridized carbons (Fsp3) is 0.312. The van der Waals surface area contributed by atoms with Crippen LogP contribution >= 0.6 is 11.6 Å². The lowest BCUT2D eigenvalue weighted by molar-refractivity contribution is 0.374. The molecule has 1 N–H and O–H groups in total. The second-order valence-electron chi connectivity index (χ2n) is 4.56. The zero-order chi connectivity index (χ0) is 15.1. The van der Waals surface area contributed by atoms with E-state index in [1.165, 1.54) is 0 Å². The summed E-state index contributed by atoms with van der Waals surface area (Å²) in [5.74, 6) is 1.61. The van der Waals surface area contributed by atoms with Gasteiger partial charge in [-0.25, -0.2) is 4.98 Å². The van der Waals surface area contributed by atoms with Crippen molar-refractivity contribution in [3.8, 4) is 17.4 Å². The number of pyridine rings is 1. The first-order valence-corrected chi connectivity index (χ1v) is 7.28. The van der Waals surface area contributed by atoms with Gasteiger partial charge in [0.1, 0.15) is 5.02 Å². The smallest absolute Gasteiger partial charge is 0.238 e. The number of para-hydroxylation sites is 2. The van der Waals surface area contributed by atoms with Gasteiger partial charge in [0.2, 0.25) is 5.88 Å². The van der Waals surface area contributed by atoms with Gasteiger partial charge in [-0.1, -0.05) is 30.7 Å². The molecule has 0 bridgehead atoms. The summed E-state index contributed by atoms with van der Waals surface area (Å²) in [6, 6.07) is 9.25. The van der Waals surface area contributed by atoms with Crippen molar-refractivity contribution in [2.24, 2.45) is 0 Å². The van der Waals surface area contributed by atoms with Crippen molar-refractivity contribution >= 4 is 11.6 Å². The number of benzene rings is 1. The van der Waals surface area contributed by atoms with E-state index in [0.29, 0.717) is 22.4 Å². The van der Waals surface area contributed by atoms with Crippen LogP contribution in [0.15, 0.2) is 36.5 Å². The molecule has 0 aliphatic carbocycles. The van der Waals surface area contributed by atoms with Gasteiger partial charge in [-0.2, -0.15) is 0 Å². The molecule has 2 aromatic rings. The lowest BCUT2D eigenvalue weighted by Gasteiger charge is -2.11. The molecule has 112 valence electrons. The molecular weight excluding hydrogens is 288 g/mol. The number of rotatable bonds is 7. The first-order valence-electron chi connectivity index (χ1n) is 6.90. The van der Waals surface area contributed by atoms with Crippen LogP contribution in [0.25, 0.3) is 0 Å². The summed E-state index contributed by atoms with van der Waals surface area (Å²) in [4.78, 5) is 4.28. The molecule has 2 rings (SSSR count). The summed E-state index contributed by atoms with van der Waals surface area (Å²) in [5, 5.41) is 3.79. The molecule has 1 heterocycles. The third-order valence-corrected chi connectivity index (χ3v) is 3.17. The van der Waals surface area contributed by atoms with Gasteiger partial charge in [0.15, 0.2) is 11.5 Å². The van der Waals surface area contributed by atoms with Crippen LogP contribution in [-0.2, 0) is 6.54 Å². The second-order valence-corrected chi connectivity index (χ2v) is 4.97. The maximum Gasteiger partial charge on any atom is 0.238 e. The molecule has 4 nitrogen and oxygen atoms in total. The van der Waals surface area contributed by atoms with Crippen molar-refractivity contribution < 1.29 is 9.47 Å². The molecule has 0 aliphatic rings. The number of hydrogen-bond acceptors (Lipinski definition) is 4. The Kier molecular flexibility index (Phi) is 5.84. The van der Waals surface area contributed by atoms with Crippen LogP contribution in [0, 0.1) is 0 Å². The lowest BCUT2D eigenvalue weighted by atomic mass is 10.3. The van der Waals surface area contributed by atoms with Gasteiger partial charge in [0, 0.05) is 12.7 Å². The SMILES string of the molecule is CCCNCc1cnc(Oc2ccccc2OC)c(Cl)c1. The summed E-state index contributed by atoms with van der Waals surface area (Å²) < 4.78 is 11.0.